The standard InChI is InChI=1S/C24H25F4N5O2/c25-10-12-34-20-8-7-18(33-22(24(26,27)28)30-31-32-33)13-19(20)17-14-23(35-15-17)9-4-11-29-21(23)16-5-2-1-3-6-16/h1-3,5-8,13,17,21,29H,4,9-12,14-15H2/t17-,21+,23-/m1/s1. The van der Waals surface area contributed by atoms with Crippen LogP contribution in [-0.4, -0.2) is 52.2 Å². The van der Waals surface area contributed by atoms with Gasteiger partial charge in [-0.05, 0) is 60.0 Å². The molecule has 1 N–H and O–H groups in total. The van der Waals surface area contributed by atoms with Crippen molar-refractivity contribution in [3.8, 4) is 11.4 Å². The summed E-state index contributed by atoms with van der Waals surface area (Å²) in [6.45, 7) is 0.396. The summed E-state index contributed by atoms with van der Waals surface area (Å²) in [6, 6.07) is 14.6. The van der Waals surface area contributed by atoms with E-state index < -0.39 is 24.3 Å². The van der Waals surface area contributed by atoms with Gasteiger partial charge < -0.3 is 14.8 Å². The summed E-state index contributed by atoms with van der Waals surface area (Å²) < 4.78 is 65.8. The highest BCUT2D eigenvalue weighted by Crippen LogP contribution is 2.49. The molecule has 0 radical (unpaired) electrons. The second kappa shape index (κ2) is 9.54. The number of tetrazole rings is 1. The van der Waals surface area contributed by atoms with E-state index in [1.54, 1.807) is 12.1 Å². The number of ether oxygens (including phenoxy) is 2. The Bertz CT molecular complexity index is 1160. The predicted molar refractivity (Wildman–Crippen MR) is 118 cm³/mol. The molecule has 0 unspecified atom stereocenters. The van der Waals surface area contributed by atoms with Gasteiger partial charge in [0.15, 0.2) is 0 Å². The minimum absolute atomic E-state index is 0.0165. The molecule has 3 heterocycles. The first-order valence-corrected chi connectivity index (χ1v) is 11.5. The molecule has 35 heavy (non-hydrogen) atoms. The average Bonchev–Trinajstić information content (AvgIpc) is 3.52. The van der Waals surface area contributed by atoms with Crippen molar-refractivity contribution in [3.63, 3.8) is 0 Å². The lowest BCUT2D eigenvalue weighted by molar-refractivity contribution is -0.146. The van der Waals surface area contributed by atoms with Gasteiger partial charge in [0, 0.05) is 11.5 Å². The van der Waals surface area contributed by atoms with Gasteiger partial charge in [-0.1, -0.05) is 30.3 Å². The SMILES string of the molecule is FCCOc1ccc(-n2nnnc2C(F)(F)F)cc1[C@H]1CO[C@]2(CCCN[C@H]2c2ccccc2)C1. The first-order valence-electron chi connectivity index (χ1n) is 11.5. The molecule has 0 bridgehead atoms. The van der Waals surface area contributed by atoms with E-state index in [0.717, 1.165) is 24.9 Å². The van der Waals surface area contributed by atoms with Crippen molar-refractivity contribution in [2.75, 3.05) is 26.4 Å². The van der Waals surface area contributed by atoms with Crippen LogP contribution in [0.3, 0.4) is 0 Å². The molecular weight excluding hydrogens is 466 g/mol. The molecule has 0 amide bonds. The molecular formula is C24H25F4N5O2. The van der Waals surface area contributed by atoms with Gasteiger partial charge in [0.1, 0.15) is 19.0 Å². The third-order valence-electron chi connectivity index (χ3n) is 6.68. The largest absolute Gasteiger partial charge is 0.491 e. The van der Waals surface area contributed by atoms with Gasteiger partial charge in [-0.3, -0.25) is 0 Å². The van der Waals surface area contributed by atoms with E-state index in [0.29, 0.717) is 29.0 Å². The van der Waals surface area contributed by atoms with Crippen LogP contribution in [-0.2, 0) is 10.9 Å². The fraction of sp³-hybridized carbons (Fsp3) is 0.458. The number of nitrogens with zero attached hydrogens (tertiary/aromatic N) is 4. The zero-order chi connectivity index (χ0) is 24.5. The summed E-state index contributed by atoms with van der Waals surface area (Å²) in [4.78, 5) is 0. The lowest BCUT2D eigenvalue weighted by Gasteiger charge is -2.41. The summed E-state index contributed by atoms with van der Waals surface area (Å²) in [5.74, 6) is -0.971. The number of halogens is 4. The lowest BCUT2D eigenvalue weighted by atomic mass is 9.77. The molecule has 2 aliphatic rings. The van der Waals surface area contributed by atoms with Gasteiger partial charge >= 0.3 is 6.18 Å². The fourth-order valence-electron chi connectivity index (χ4n) is 5.21. The molecule has 3 aromatic rings. The fourth-order valence-corrected chi connectivity index (χ4v) is 5.21. The molecule has 0 aliphatic carbocycles. The molecule has 2 fully saturated rings. The van der Waals surface area contributed by atoms with Crippen molar-refractivity contribution in [1.29, 1.82) is 0 Å². The maximum absolute atomic E-state index is 13.4. The third kappa shape index (κ3) is 4.62. The van der Waals surface area contributed by atoms with Crippen molar-refractivity contribution in [2.45, 2.75) is 43.0 Å². The first-order chi connectivity index (χ1) is 16.9. The monoisotopic (exact) mass is 491 g/mol. The topological polar surface area (TPSA) is 74.1 Å². The molecule has 186 valence electrons. The minimum atomic E-state index is -4.72. The van der Waals surface area contributed by atoms with Crippen LogP contribution in [0.2, 0.25) is 0 Å². The van der Waals surface area contributed by atoms with E-state index >= 15 is 0 Å². The Morgan fingerprint density at radius 2 is 2.00 bits per heavy atom. The highest BCUT2D eigenvalue weighted by atomic mass is 19.4. The quantitative estimate of drug-likeness (QED) is 0.516. The van der Waals surface area contributed by atoms with Crippen LogP contribution in [0.5, 0.6) is 5.75 Å². The maximum atomic E-state index is 13.4. The van der Waals surface area contributed by atoms with Crippen molar-refractivity contribution in [3.05, 3.63) is 65.5 Å². The maximum Gasteiger partial charge on any atom is 0.453 e. The summed E-state index contributed by atoms with van der Waals surface area (Å²) in [6.07, 6.45) is -2.29. The highest BCUT2D eigenvalue weighted by molar-refractivity contribution is 5.47. The molecule has 1 aromatic heterocycles. The van der Waals surface area contributed by atoms with Gasteiger partial charge in [-0.2, -0.15) is 17.9 Å². The number of rotatable bonds is 6. The molecule has 5 rings (SSSR count). The van der Waals surface area contributed by atoms with Crippen LogP contribution in [0.15, 0.2) is 48.5 Å². The second-order valence-electron chi connectivity index (χ2n) is 8.85. The Kier molecular flexibility index (Phi) is 6.45. The van der Waals surface area contributed by atoms with Crippen LogP contribution in [0, 0.1) is 0 Å². The number of piperidine rings is 1. The van der Waals surface area contributed by atoms with Crippen LogP contribution in [0.1, 0.15) is 48.2 Å². The van der Waals surface area contributed by atoms with E-state index in [-0.39, 0.29) is 24.3 Å². The van der Waals surface area contributed by atoms with Gasteiger partial charge in [0.05, 0.1) is 23.9 Å². The molecule has 11 heteroatoms. The second-order valence-corrected chi connectivity index (χ2v) is 8.85. The Hall–Kier alpha value is -3.05. The van der Waals surface area contributed by atoms with Gasteiger partial charge in [-0.25, -0.2) is 4.39 Å². The zero-order valence-corrected chi connectivity index (χ0v) is 18.8. The van der Waals surface area contributed by atoms with Gasteiger partial charge in [-0.15, -0.1) is 5.10 Å². The Morgan fingerprint density at radius 1 is 1.17 bits per heavy atom. The molecule has 1 spiro atoms. The Morgan fingerprint density at radius 3 is 2.77 bits per heavy atom. The summed E-state index contributed by atoms with van der Waals surface area (Å²) in [7, 11) is 0. The van der Waals surface area contributed by atoms with E-state index in [2.05, 4.69) is 33.0 Å². The Balaban J connectivity index is 1.50. The van der Waals surface area contributed by atoms with E-state index in [1.165, 1.54) is 6.07 Å². The lowest BCUT2D eigenvalue weighted by Crippen LogP contribution is -2.48. The van der Waals surface area contributed by atoms with E-state index in [9.17, 15) is 17.6 Å². The number of benzene rings is 2. The van der Waals surface area contributed by atoms with Crippen molar-refractivity contribution < 1.29 is 27.0 Å². The molecule has 3 atom stereocenters. The summed E-state index contributed by atoms with van der Waals surface area (Å²) in [5.41, 5.74) is 1.45. The summed E-state index contributed by atoms with van der Waals surface area (Å²) >= 11 is 0. The predicted octanol–water partition coefficient (Wildman–Crippen LogP) is 4.40. The normalized spacial score (nSPS) is 24.7. The average molecular weight is 491 g/mol. The van der Waals surface area contributed by atoms with Crippen molar-refractivity contribution in [2.24, 2.45) is 0 Å². The number of alkyl halides is 4. The Labute approximate surface area is 199 Å². The number of hydrogen-bond donors (Lipinski definition) is 1. The third-order valence-corrected chi connectivity index (χ3v) is 6.68. The van der Waals surface area contributed by atoms with E-state index in [1.807, 2.05) is 18.2 Å². The van der Waals surface area contributed by atoms with Crippen molar-refractivity contribution >= 4 is 0 Å². The van der Waals surface area contributed by atoms with Gasteiger partial charge in [0.25, 0.3) is 5.82 Å². The number of nitrogens with one attached hydrogen (secondary N) is 1. The van der Waals surface area contributed by atoms with Crippen LogP contribution in [0.25, 0.3) is 5.69 Å². The highest BCUT2D eigenvalue weighted by Gasteiger charge is 2.49. The molecule has 7 nitrogen and oxygen atoms in total. The number of aromatic nitrogens is 4. The molecule has 2 aromatic carbocycles. The molecule has 0 saturated carbocycles. The van der Waals surface area contributed by atoms with E-state index in [4.69, 9.17) is 9.47 Å². The van der Waals surface area contributed by atoms with Crippen LogP contribution >= 0.6 is 0 Å². The van der Waals surface area contributed by atoms with Crippen molar-refractivity contribution in [1.82, 2.24) is 25.5 Å². The summed E-state index contributed by atoms with van der Waals surface area (Å²) in [5, 5.41) is 13.5. The number of hydrogen-bond acceptors (Lipinski definition) is 6. The first kappa shape index (κ1) is 23.7. The zero-order valence-electron chi connectivity index (χ0n) is 18.8. The molecule has 2 saturated heterocycles. The minimum Gasteiger partial charge on any atom is -0.491 e. The smallest absolute Gasteiger partial charge is 0.453 e. The van der Waals surface area contributed by atoms with Gasteiger partial charge in [0.2, 0.25) is 0 Å². The van der Waals surface area contributed by atoms with Crippen LogP contribution < -0.4 is 10.1 Å². The molecule has 2 aliphatic heterocycles. The van der Waals surface area contributed by atoms with Crippen LogP contribution in [0.4, 0.5) is 17.6 Å².